The molecule has 4 rings (SSSR count). The Morgan fingerprint density at radius 2 is 1.72 bits per heavy atom. The van der Waals surface area contributed by atoms with Crippen molar-refractivity contribution in [1.29, 1.82) is 0 Å². The molecule has 1 aliphatic heterocycles. The van der Waals surface area contributed by atoms with Crippen LogP contribution in [0.2, 0.25) is 0 Å². The lowest BCUT2D eigenvalue weighted by atomic mass is 10.1. The summed E-state index contributed by atoms with van der Waals surface area (Å²) in [6.07, 6.45) is 0.974. The molecule has 0 bridgehead atoms. The topological polar surface area (TPSA) is 58.6 Å². The maximum absolute atomic E-state index is 13.1. The van der Waals surface area contributed by atoms with Gasteiger partial charge in [0.05, 0.1) is 11.5 Å². The van der Waals surface area contributed by atoms with E-state index in [-0.39, 0.29) is 0 Å². The minimum atomic E-state index is -3.61. The van der Waals surface area contributed by atoms with Gasteiger partial charge in [0.15, 0.2) is 0 Å². The van der Waals surface area contributed by atoms with E-state index in [4.69, 9.17) is 4.74 Å². The van der Waals surface area contributed by atoms with Crippen molar-refractivity contribution in [1.82, 2.24) is 4.72 Å². The number of hydrogen-bond acceptors (Lipinski definition) is 4. The number of hydrogen-bond donors (Lipinski definition) is 1. The normalized spacial score (nSPS) is 17.0. The molecule has 6 heteroatoms. The number of fused-ring (bicyclic) bond motifs is 1. The lowest BCUT2D eigenvalue weighted by Gasteiger charge is -2.19. The van der Waals surface area contributed by atoms with Gasteiger partial charge in [-0.2, -0.15) is 0 Å². The summed E-state index contributed by atoms with van der Waals surface area (Å²) in [5, 5.41) is 1.50. The summed E-state index contributed by atoms with van der Waals surface area (Å²) < 4.78 is 34.6. The Labute approximate surface area is 172 Å². The third kappa shape index (κ3) is 4.23. The second kappa shape index (κ2) is 8.43. The first kappa shape index (κ1) is 19.7. The number of nitrogens with zero attached hydrogens (tertiary/aromatic N) is 1. The van der Waals surface area contributed by atoms with Crippen LogP contribution in [0, 0.1) is 5.92 Å². The van der Waals surface area contributed by atoms with Gasteiger partial charge in [-0.15, -0.1) is 0 Å². The molecule has 3 aromatic carbocycles. The molecule has 1 heterocycles. The van der Waals surface area contributed by atoms with Gasteiger partial charge < -0.3 is 9.64 Å². The minimum absolute atomic E-state index is 0.291. The van der Waals surface area contributed by atoms with Crippen LogP contribution in [0.25, 0.3) is 10.8 Å². The first-order valence-electron chi connectivity index (χ1n) is 10.0. The number of anilines is 1. The molecular formula is C23H26N2O3S. The highest BCUT2D eigenvalue weighted by Crippen LogP contribution is 2.31. The lowest BCUT2D eigenvalue weighted by molar-refractivity contribution is 0.344. The molecular weight excluding hydrogens is 384 g/mol. The smallest absolute Gasteiger partial charge is 0.241 e. The van der Waals surface area contributed by atoms with Gasteiger partial charge in [-0.1, -0.05) is 42.5 Å². The Balaban J connectivity index is 1.49. The summed E-state index contributed by atoms with van der Waals surface area (Å²) in [4.78, 5) is 2.61. The number of para-hydroxylation sites is 1. The van der Waals surface area contributed by atoms with Gasteiger partial charge in [0.1, 0.15) is 5.75 Å². The van der Waals surface area contributed by atoms with Crippen molar-refractivity contribution >= 4 is 26.5 Å². The van der Waals surface area contributed by atoms with Gasteiger partial charge in [-0.25, -0.2) is 13.1 Å². The van der Waals surface area contributed by atoms with Crippen LogP contribution >= 0.6 is 0 Å². The molecule has 1 N–H and O–H groups in total. The Kier molecular flexibility index (Phi) is 5.74. The quantitative estimate of drug-likeness (QED) is 0.639. The van der Waals surface area contributed by atoms with Crippen LogP contribution in [-0.4, -0.2) is 34.7 Å². The van der Waals surface area contributed by atoms with Crippen molar-refractivity contribution in [2.24, 2.45) is 5.92 Å². The van der Waals surface area contributed by atoms with E-state index in [0.717, 1.165) is 24.9 Å². The molecule has 1 aliphatic rings. The van der Waals surface area contributed by atoms with Gasteiger partial charge in [0.25, 0.3) is 0 Å². The van der Waals surface area contributed by atoms with Crippen LogP contribution < -0.4 is 14.4 Å². The number of sulfonamides is 1. The average Bonchev–Trinajstić information content (AvgIpc) is 3.22. The SMILES string of the molecule is CCOc1ccc(S(=O)(=O)NCC2CCN(c3ccccc3)C2)c2ccccc12. The van der Waals surface area contributed by atoms with Crippen molar-refractivity contribution in [3.63, 3.8) is 0 Å². The van der Waals surface area contributed by atoms with Crippen molar-refractivity contribution in [3.05, 3.63) is 66.7 Å². The fourth-order valence-corrected chi connectivity index (χ4v) is 5.26. The predicted octanol–water partition coefficient (Wildman–Crippen LogP) is 4.04. The highest BCUT2D eigenvalue weighted by atomic mass is 32.2. The van der Waals surface area contributed by atoms with Crippen LogP contribution in [0.5, 0.6) is 5.75 Å². The van der Waals surface area contributed by atoms with E-state index in [1.807, 2.05) is 49.4 Å². The first-order valence-corrected chi connectivity index (χ1v) is 11.5. The average molecular weight is 411 g/mol. The molecule has 1 unspecified atom stereocenters. The number of ether oxygens (including phenoxy) is 1. The fourth-order valence-electron chi connectivity index (χ4n) is 3.94. The molecule has 0 aromatic heterocycles. The van der Waals surface area contributed by atoms with Gasteiger partial charge in [-0.05, 0) is 43.5 Å². The van der Waals surface area contributed by atoms with Gasteiger partial charge in [-0.3, -0.25) is 0 Å². The second-order valence-electron chi connectivity index (χ2n) is 7.33. The van der Waals surface area contributed by atoms with Crippen molar-refractivity contribution < 1.29 is 13.2 Å². The minimum Gasteiger partial charge on any atom is -0.493 e. The zero-order chi connectivity index (χ0) is 20.3. The first-order chi connectivity index (χ1) is 14.1. The van der Waals surface area contributed by atoms with Crippen LogP contribution in [0.3, 0.4) is 0 Å². The van der Waals surface area contributed by atoms with Crippen LogP contribution in [0.1, 0.15) is 13.3 Å². The van der Waals surface area contributed by atoms with Crippen molar-refractivity contribution in [3.8, 4) is 5.75 Å². The molecule has 0 aliphatic carbocycles. The Morgan fingerprint density at radius 3 is 2.48 bits per heavy atom. The van der Waals surface area contributed by atoms with E-state index >= 15 is 0 Å². The van der Waals surface area contributed by atoms with E-state index in [0.29, 0.717) is 35.1 Å². The third-order valence-corrected chi connectivity index (χ3v) is 6.88. The molecule has 29 heavy (non-hydrogen) atoms. The lowest BCUT2D eigenvalue weighted by Crippen LogP contribution is -2.31. The van der Waals surface area contributed by atoms with Gasteiger partial charge >= 0.3 is 0 Å². The monoisotopic (exact) mass is 410 g/mol. The number of rotatable bonds is 7. The number of nitrogens with one attached hydrogen (secondary N) is 1. The fraction of sp³-hybridized carbons (Fsp3) is 0.304. The molecule has 0 amide bonds. The molecule has 1 saturated heterocycles. The third-order valence-electron chi connectivity index (χ3n) is 5.40. The maximum Gasteiger partial charge on any atom is 0.241 e. The molecule has 0 spiro atoms. The van der Waals surface area contributed by atoms with Crippen LogP contribution in [0.15, 0.2) is 71.6 Å². The van der Waals surface area contributed by atoms with Crippen LogP contribution in [0.4, 0.5) is 5.69 Å². The Bertz CT molecular complexity index is 1080. The summed E-state index contributed by atoms with van der Waals surface area (Å²) in [5.41, 5.74) is 1.19. The van der Waals surface area contributed by atoms with E-state index in [1.54, 1.807) is 12.1 Å². The molecule has 1 fully saturated rings. The standard InChI is InChI=1S/C23H26N2O3S/c1-2-28-22-12-13-23(21-11-7-6-10-20(21)22)29(26,27)24-16-18-14-15-25(17-18)19-8-4-3-5-9-19/h3-13,18,24H,2,14-17H2,1H3. The molecule has 152 valence electrons. The zero-order valence-electron chi connectivity index (χ0n) is 16.5. The van der Waals surface area contributed by atoms with E-state index in [2.05, 4.69) is 21.8 Å². The van der Waals surface area contributed by atoms with Crippen LogP contribution in [-0.2, 0) is 10.0 Å². The zero-order valence-corrected chi connectivity index (χ0v) is 17.4. The Morgan fingerprint density at radius 1 is 1.00 bits per heavy atom. The van der Waals surface area contributed by atoms with E-state index in [1.165, 1.54) is 5.69 Å². The molecule has 0 saturated carbocycles. The second-order valence-corrected chi connectivity index (χ2v) is 9.06. The van der Waals surface area contributed by atoms with Gasteiger partial charge in [0.2, 0.25) is 10.0 Å². The summed E-state index contributed by atoms with van der Waals surface area (Å²) >= 11 is 0. The molecule has 1 atom stereocenters. The van der Waals surface area contributed by atoms with Gasteiger partial charge in [0, 0.05) is 36.1 Å². The predicted molar refractivity (Wildman–Crippen MR) is 117 cm³/mol. The molecule has 5 nitrogen and oxygen atoms in total. The number of benzene rings is 3. The summed E-state index contributed by atoms with van der Waals surface area (Å²) in [6, 6.07) is 21.1. The van der Waals surface area contributed by atoms with E-state index < -0.39 is 10.0 Å². The van der Waals surface area contributed by atoms with Crippen molar-refractivity contribution in [2.75, 3.05) is 31.1 Å². The van der Waals surface area contributed by atoms with Crippen molar-refractivity contribution in [2.45, 2.75) is 18.2 Å². The summed E-state index contributed by atoms with van der Waals surface area (Å²) in [6.45, 7) is 4.70. The highest BCUT2D eigenvalue weighted by Gasteiger charge is 2.25. The molecule has 0 radical (unpaired) electrons. The Hall–Kier alpha value is -2.57. The maximum atomic E-state index is 13.1. The summed E-state index contributed by atoms with van der Waals surface area (Å²) in [5.74, 6) is 0.996. The highest BCUT2D eigenvalue weighted by molar-refractivity contribution is 7.89. The van der Waals surface area contributed by atoms with E-state index in [9.17, 15) is 8.42 Å². The largest absolute Gasteiger partial charge is 0.493 e. The molecule has 3 aromatic rings. The summed E-state index contributed by atoms with van der Waals surface area (Å²) in [7, 11) is -3.61.